The highest BCUT2D eigenvalue weighted by Gasteiger charge is 2.10. The van der Waals surface area contributed by atoms with Gasteiger partial charge in [-0.2, -0.15) is 0 Å². The summed E-state index contributed by atoms with van der Waals surface area (Å²) < 4.78 is 10.9. The molecule has 22 heavy (non-hydrogen) atoms. The van der Waals surface area contributed by atoms with Crippen LogP contribution in [-0.4, -0.2) is 25.7 Å². The lowest BCUT2D eigenvalue weighted by Crippen LogP contribution is -2.33. The zero-order valence-corrected chi connectivity index (χ0v) is 13.9. The smallest absolute Gasteiger partial charge is 0.252 e. The minimum absolute atomic E-state index is 0.0545. The van der Waals surface area contributed by atoms with Gasteiger partial charge in [0.25, 0.3) is 5.91 Å². The molecule has 0 bridgehead atoms. The molecule has 1 aromatic carbocycles. The van der Waals surface area contributed by atoms with Gasteiger partial charge in [0.1, 0.15) is 17.6 Å². The lowest BCUT2D eigenvalue weighted by Gasteiger charge is -2.15. The molecule has 4 nitrogen and oxygen atoms in total. The van der Waals surface area contributed by atoms with E-state index in [0.717, 1.165) is 23.5 Å². The van der Waals surface area contributed by atoms with E-state index in [1.807, 2.05) is 42.6 Å². The topological polar surface area (TPSA) is 47.6 Å². The summed E-state index contributed by atoms with van der Waals surface area (Å²) in [6.45, 7) is 4.47. The van der Waals surface area contributed by atoms with Crippen LogP contribution in [0.5, 0.6) is 11.5 Å². The number of amides is 1. The zero-order valence-electron chi connectivity index (χ0n) is 13.1. The van der Waals surface area contributed by atoms with Gasteiger partial charge < -0.3 is 14.8 Å². The minimum atomic E-state index is -0.110. The zero-order chi connectivity index (χ0) is 15.9. The Morgan fingerprint density at radius 3 is 2.55 bits per heavy atom. The number of rotatable bonds is 7. The molecule has 118 valence electrons. The van der Waals surface area contributed by atoms with Crippen molar-refractivity contribution in [2.75, 3.05) is 13.7 Å². The van der Waals surface area contributed by atoms with Crippen LogP contribution in [0, 0.1) is 0 Å². The number of nitrogens with one attached hydrogen (secondary N) is 1. The average molecular weight is 319 g/mol. The number of carbonyl (C=O) groups is 1. The number of aryl methyl sites for hydroxylation is 1. The van der Waals surface area contributed by atoms with Gasteiger partial charge in [0.05, 0.1) is 19.2 Å². The molecule has 0 aliphatic carbocycles. The Hall–Kier alpha value is -2.01. The fourth-order valence-corrected chi connectivity index (χ4v) is 2.77. The molecule has 1 amide bonds. The summed E-state index contributed by atoms with van der Waals surface area (Å²) in [5.74, 6) is 1.49. The lowest BCUT2D eigenvalue weighted by atomic mass is 10.2. The van der Waals surface area contributed by atoms with E-state index in [1.165, 1.54) is 4.88 Å². The highest BCUT2D eigenvalue weighted by atomic mass is 32.1. The summed E-state index contributed by atoms with van der Waals surface area (Å²) in [5, 5.41) is 4.79. The molecule has 2 aromatic rings. The Kier molecular flexibility index (Phi) is 5.83. The summed E-state index contributed by atoms with van der Waals surface area (Å²) in [6.07, 6.45) is 0.844. The molecule has 1 aromatic heterocycles. The lowest BCUT2D eigenvalue weighted by molar-refractivity contribution is 0.0932. The van der Waals surface area contributed by atoms with Crippen molar-refractivity contribution >= 4 is 17.2 Å². The van der Waals surface area contributed by atoms with Crippen LogP contribution < -0.4 is 14.8 Å². The fraction of sp³-hybridized carbons (Fsp3) is 0.353. The summed E-state index contributed by atoms with van der Waals surface area (Å²) in [6, 6.07) is 9.33. The molecule has 2 rings (SSSR count). The highest BCUT2D eigenvalue weighted by Crippen LogP contribution is 2.18. The van der Waals surface area contributed by atoms with Gasteiger partial charge in [-0.15, -0.1) is 11.3 Å². The van der Waals surface area contributed by atoms with E-state index < -0.39 is 0 Å². The Bertz CT molecular complexity index is 607. The van der Waals surface area contributed by atoms with Crippen LogP contribution in [0.15, 0.2) is 35.7 Å². The Morgan fingerprint density at radius 1 is 1.27 bits per heavy atom. The minimum Gasteiger partial charge on any atom is -0.497 e. The number of hydrogen-bond donors (Lipinski definition) is 1. The molecule has 1 N–H and O–H groups in total. The first-order valence-corrected chi connectivity index (χ1v) is 8.16. The number of methoxy groups -OCH3 is 1. The third-order valence-electron chi connectivity index (χ3n) is 3.21. The standard InChI is InChI=1S/C17H21NO3S/c1-4-16-9-13(11-22-16)17(19)18-10-12(2)21-15-7-5-14(20-3)6-8-15/h5-9,11-12H,4,10H2,1-3H3,(H,18,19). The van der Waals surface area contributed by atoms with Gasteiger partial charge in [-0.05, 0) is 43.7 Å². The molecular weight excluding hydrogens is 298 g/mol. The first kappa shape index (κ1) is 16.4. The van der Waals surface area contributed by atoms with Gasteiger partial charge in [-0.3, -0.25) is 4.79 Å². The largest absolute Gasteiger partial charge is 0.497 e. The molecule has 0 saturated heterocycles. The van der Waals surface area contributed by atoms with Gasteiger partial charge in [0.2, 0.25) is 0 Å². The normalized spacial score (nSPS) is 11.8. The summed E-state index contributed by atoms with van der Waals surface area (Å²) in [5.41, 5.74) is 0.721. The second-order valence-electron chi connectivity index (χ2n) is 4.97. The van der Waals surface area contributed by atoms with Gasteiger partial charge in [-0.25, -0.2) is 0 Å². The van der Waals surface area contributed by atoms with Crippen LogP contribution in [0.3, 0.4) is 0 Å². The third kappa shape index (κ3) is 4.49. The van der Waals surface area contributed by atoms with Crippen molar-refractivity contribution in [3.8, 4) is 11.5 Å². The Balaban J connectivity index is 1.81. The molecule has 0 aliphatic rings. The quantitative estimate of drug-likeness (QED) is 0.849. The average Bonchev–Trinajstić information content (AvgIpc) is 3.02. The maximum Gasteiger partial charge on any atom is 0.252 e. The van der Waals surface area contributed by atoms with E-state index in [0.29, 0.717) is 6.54 Å². The van der Waals surface area contributed by atoms with E-state index in [2.05, 4.69) is 12.2 Å². The van der Waals surface area contributed by atoms with E-state index in [-0.39, 0.29) is 12.0 Å². The predicted octanol–water partition coefficient (Wildman–Crippen LogP) is 3.52. The van der Waals surface area contributed by atoms with Crippen LogP contribution in [0.4, 0.5) is 0 Å². The maximum atomic E-state index is 12.0. The summed E-state index contributed by atoms with van der Waals surface area (Å²) in [4.78, 5) is 13.3. The van der Waals surface area contributed by atoms with Gasteiger partial charge in [0.15, 0.2) is 0 Å². The van der Waals surface area contributed by atoms with Gasteiger partial charge in [-0.1, -0.05) is 6.92 Å². The molecule has 0 spiro atoms. The van der Waals surface area contributed by atoms with Crippen molar-refractivity contribution in [1.82, 2.24) is 5.32 Å². The van der Waals surface area contributed by atoms with E-state index in [1.54, 1.807) is 18.4 Å². The molecule has 0 aliphatic heterocycles. The van der Waals surface area contributed by atoms with Crippen molar-refractivity contribution in [3.05, 3.63) is 46.2 Å². The highest BCUT2D eigenvalue weighted by molar-refractivity contribution is 7.10. The molecule has 0 fully saturated rings. The monoisotopic (exact) mass is 319 g/mol. The van der Waals surface area contributed by atoms with E-state index >= 15 is 0 Å². The SMILES string of the molecule is CCc1cc(C(=O)NCC(C)Oc2ccc(OC)cc2)cs1. The van der Waals surface area contributed by atoms with Crippen LogP contribution in [0.1, 0.15) is 29.1 Å². The first-order valence-electron chi connectivity index (χ1n) is 7.28. The molecular formula is C17H21NO3S. The van der Waals surface area contributed by atoms with Crippen LogP contribution >= 0.6 is 11.3 Å². The molecule has 0 radical (unpaired) electrons. The van der Waals surface area contributed by atoms with Crippen molar-refractivity contribution in [2.24, 2.45) is 0 Å². The van der Waals surface area contributed by atoms with Gasteiger partial charge >= 0.3 is 0 Å². The molecule has 5 heteroatoms. The molecule has 1 unspecified atom stereocenters. The van der Waals surface area contributed by atoms with E-state index in [4.69, 9.17) is 9.47 Å². The predicted molar refractivity (Wildman–Crippen MR) is 89.1 cm³/mol. The molecule has 1 atom stereocenters. The Labute approximate surface area is 135 Å². The maximum absolute atomic E-state index is 12.0. The molecule has 0 saturated carbocycles. The number of benzene rings is 1. The van der Waals surface area contributed by atoms with Crippen molar-refractivity contribution in [3.63, 3.8) is 0 Å². The number of ether oxygens (including phenoxy) is 2. The second-order valence-corrected chi connectivity index (χ2v) is 5.97. The van der Waals surface area contributed by atoms with E-state index in [9.17, 15) is 4.79 Å². The van der Waals surface area contributed by atoms with Crippen LogP contribution in [-0.2, 0) is 6.42 Å². The first-order chi connectivity index (χ1) is 10.6. The van der Waals surface area contributed by atoms with Crippen LogP contribution in [0.2, 0.25) is 0 Å². The van der Waals surface area contributed by atoms with Crippen molar-refractivity contribution in [2.45, 2.75) is 26.4 Å². The number of hydrogen-bond acceptors (Lipinski definition) is 4. The van der Waals surface area contributed by atoms with Crippen molar-refractivity contribution in [1.29, 1.82) is 0 Å². The summed E-state index contributed by atoms with van der Waals surface area (Å²) in [7, 11) is 1.63. The van der Waals surface area contributed by atoms with Gasteiger partial charge in [0, 0.05) is 10.3 Å². The van der Waals surface area contributed by atoms with Crippen LogP contribution in [0.25, 0.3) is 0 Å². The summed E-state index contributed by atoms with van der Waals surface area (Å²) >= 11 is 1.61. The third-order valence-corrected chi connectivity index (χ3v) is 4.29. The number of carbonyl (C=O) groups excluding carboxylic acids is 1. The second kappa shape index (κ2) is 7.84. The fourth-order valence-electron chi connectivity index (χ4n) is 1.95. The van der Waals surface area contributed by atoms with Crippen molar-refractivity contribution < 1.29 is 14.3 Å². The number of thiophene rings is 1. The molecule has 1 heterocycles. The Morgan fingerprint density at radius 2 is 1.95 bits per heavy atom.